The van der Waals surface area contributed by atoms with Crippen LogP contribution in [0.15, 0.2) is 18.2 Å². The molecule has 0 spiro atoms. The van der Waals surface area contributed by atoms with Gasteiger partial charge < -0.3 is 14.6 Å². The van der Waals surface area contributed by atoms with Crippen molar-refractivity contribution in [2.45, 2.75) is 31.8 Å². The number of aliphatic hydroxyl groups excluding tert-OH is 1. The van der Waals surface area contributed by atoms with Crippen molar-refractivity contribution in [2.75, 3.05) is 14.2 Å². The van der Waals surface area contributed by atoms with Crippen LogP contribution in [0.2, 0.25) is 0 Å². The molecule has 0 heterocycles. The molecule has 1 atom stereocenters. The van der Waals surface area contributed by atoms with Crippen LogP contribution in [0.1, 0.15) is 37.4 Å². The van der Waals surface area contributed by atoms with Crippen molar-refractivity contribution in [3.63, 3.8) is 0 Å². The molecule has 0 saturated heterocycles. The first-order chi connectivity index (χ1) is 8.24. The van der Waals surface area contributed by atoms with Crippen LogP contribution in [0.5, 0.6) is 11.5 Å². The lowest BCUT2D eigenvalue weighted by atomic mass is 9.94. The summed E-state index contributed by atoms with van der Waals surface area (Å²) in [4.78, 5) is 0. The van der Waals surface area contributed by atoms with Gasteiger partial charge in [0, 0.05) is 6.07 Å². The third-order valence-electron chi connectivity index (χ3n) is 3.56. The van der Waals surface area contributed by atoms with E-state index in [0.29, 0.717) is 5.92 Å². The highest BCUT2D eigenvalue weighted by Gasteiger charge is 2.25. The monoisotopic (exact) mass is 272 g/mol. The molecule has 102 valence electrons. The molecule has 1 N–H and O–H groups in total. The number of hydrogen-bond acceptors (Lipinski definition) is 3. The molecule has 18 heavy (non-hydrogen) atoms. The number of aliphatic hydroxyl groups is 1. The molecule has 1 aromatic rings. The normalized spacial score (nSPS) is 17.1. The maximum absolute atomic E-state index is 10.3. The molecule has 1 aliphatic carbocycles. The van der Waals surface area contributed by atoms with Gasteiger partial charge >= 0.3 is 0 Å². The minimum atomic E-state index is -0.401. The molecular formula is C14H21ClO3. The van der Waals surface area contributed by atoms with Crippen molar-refractivity contribution < 1.29 is 14.6 Å². The highest BCUT2D eigenvalue weighted by Crippen LogP contribution is 2.37. The summed E-state index contributed by atoms with van der Waals surface area (Å²) in [5, 5.41) is 10.3. The molecular weight excluding hydrogens is 252 g/mol. The van der Waals surface area contributed by atoms with E-state index in [1.54, 1.807) is 14.2 Å². The van der Waals surface area contributed by atoms with Crippen molar-refractivity contribution in [1.82, 2.24) is 0 Å². The van der Waals surface area contributed by atoms with Gasteiger partial charge in [0.25, 0.3) is 0 Å². The van der Waals surface area contributed by atoms with Crippen molar-refractivity contribution in [3.05, 3.63) is 23.8 Å². The molecule has 1 aliphatic rings. The second-order valence-electron chi connectivity index (χ2n) is 4.64. The van der Waals surface area contributed by atoms with Gasteiger partial charge in [-0.05, 0) is 36.5 Å². The van der Waals surface area contributed by atoms with Gasteiger partial charge in [0.05, 0.1) is 20.3 Å². The summed E-state index contributed by atoms with van der Waals surface area (Å²) in [5.74, 6) is 1.85. The van der Waals surface area contributed by atoms with Crippen LogP contribution in [-0.4, -0.2) is 19.3 Å². The van der Waals surface area contributed by atoms with E-state index in [9.17, 15) is 5.11 Å². The Morgan fingerprint density at radius 3 is 2.00 bits per heavy atom. The van der Waals surface area contributed by atoms with Gasteiger partial charge in [-0.3, -0.25) is 0 Å². The summed E-state index contributed by atoms with van der Waals surface area (Å²) in [5.41, 5.74) is 0.896. The standard InChI is InChI=1S/C14H20O3.ClH/c1-16-12-7-11(8-13(9-12)17-2)14(15)10-5-3-4-6-10;/h7-10,14-15H,3-6H2,1-2H3;1H/t14-;/m1./s1. The van der Waals surface area contributed by atoms with Gasteiger partial charge in [0.15, 0.2) is 0 Å². The first-order valence-corrected chi connectivity index (χ1v) is 6.15. The number of hydrogen-bond donors (Lipinski definition) is 1. The van der Waals surface area contributed by atoms with Crippen LogP contribution in [0, 0.1) is 5.92 Å². The quantitative estimate of drug-likeness (QED) is 0.914. The molecule has 2 rings (SSSR count). The summed E-state index contributed by atoms with van der Waals surface area (Å²) in [6.45, 7) is 0. The molecule has 3 nitrogen and oxygen atoms in total. The Morgan fingerprint density at radius 2 is 1.56 bits per heavy atom. The Kier molecular flexibility index (Phi) is 5.76. The van der Waals surface area contributed by atoms with Crippen LogP contribution >= 0.6 is 12.4 Å². The summed E-state index contributed by atoms with van der Waals surface area (Å²) in [7, 11) is 3.25. The molecule has 0 unspecified atom stereocenters. The van der Waals surface area contributed by atoms with Crippen molar-refractivity contribution in [2.24, 2.45) is 5.92 Å². The van der Waals surface area contributed by atoms with Gasteiger partial charge in [-0.15, -0.1) is 12.4 Å². The number of ether oxygens (including phenoxy) is 2. The molecule has 0 amide bonds. The summed E-state index contributed by atoms with van der Waals surface area (Å²) in [6.07, 6.45) is 4.27. The average Bonchev–Trinajstić information content (AvgIpc) is 2.91. The number of halogens is 1. The SMILES string of the molecule is COc1cc(OC)cc([C@H](O)C2CCCC2)c1.Cl. The Balaban J connectivity index is 0.00000162. The van der Waals surface area contributed by atoms with Gasteiger partial charge in [-0.25, -0.2) is 0 Å². The minimum absolute atomic E-state index is 0. The fourth-order valence-electron chi connectivity index (χ4n) is 2.55. The fraction of sp³-hybridized carbons (Fsp3) is 0.571. The largest absolute Gasteiger partial charge is 0.497 e. The van der Waals surface area contributed by atoms with E-state index in [1.807, 2.05) is 18.2 Å². The van der Waals surface area contributed by atoms with Crippen LogP contribution < -0.4 is 9.47 Å². The summed E-state index contributed by atoms with van der Waals surface area (Å²) in [6, 6.07) is 5.61. The highest BCUT2D eigenvalue weighted by atomic mass is 35.5. The second kappa shape index (κ2) is 6.86. The molecule has 1 fully saturated rings. The lowest BCUT2D eigenvalue weighted by molar-refractivity contribution is 0.111. The smallest absolute Gasteiger partial charge is 0.122 e. The molecule has 0 radical (unpaired) electrons. The topological polar surface area (TPSA) is 38.7 Å². The zero-order valence-electron chi connectivity index (χ0n) is 10.9. The average molecular weight is 273 g/mol. The van der Waals surface area contributed by atoms with E-state index in [-0.39, 0.29) is 12.4 Å². The van der Waals surface area contributed by atoms with E-state index < -0.39 is 6.10 Å². The Morgan fingerprint density at radius 1 is 1.06 bits per heavy atom. The van der Waals surface area contributed by atoms with Crippen LogP contribution in [-0.2, 0) is 0 Å². The van der Waals surface area contributed by atoms with E-state index in [4.69, 9.17) is 9.47 Å². The predicted octanol–water partition coefficient (Wildman–Crippen LogP) is 3.35. The van der Waals surface area contributed by atoms with Gasteiger partial charge in [-0.1, -0.05) is 12.8 Å². The second-order valence-corrected chi connectivity index (χ2v) is 4.64. The van der Waals surface area contributed by atoms with Crippen molar-refractivity contribution in [1.29, 1.82) is 0 Å². The Hall–Kier alpha value is -0.930. The van der Waals surface area contributed by atoms with Crippen molar-refractivity contribution in [3.8, 4) is 11.5 Å². The summed E-state index contributed by atoms with van der Waals surface area (Å²) >= 11 is 0. The van der Waals surface area contributed by atoms with Crippen LogP contribution in [0.4, 0.5) is 0 Å². The van der Waals surface area contributed by atoms with Gasteiger partial charge in [-0.2, -0.15) is 0 Å². The molecule has 4 heteroatoms. The van der Waals surface area contributed by atoms with E-state index >= 15 is 0 Å². The van der Waals surface area contributed by atoms with E-state index in [1.165, 1.54) is 12.8 Å². The lowest BCUT2D eigenvalue weighted by Gasteiger charge is -2.19. The first-order valence-electron chi connectivity index (χ1n) is 6.15. The number of rotatable bonds is 4. The molecule has 0 aliphatic heterocycles. The molecule has 1 aromatic carbocycles. The molecule has 1 saturated carbocycles. The lowest BCUT2D eigenvalue weighted by Crippen LogP contribution is -2.09. The zero-order valence-corrected chi connectivity index (χ0v) is 11.7. The minimum Gasteiger partial charge on any atom is -0.497 e. The summed E-state index contributed by atoms with van der Waals surface area (Å²) < 4.78 is 10.4. The number of methoxy groups -OCH3 is 2. The predicted molar refractivity (Wildman–Crippen MR) is 73.7 cm³/mol. The van der Waals surface area contributed by atoms with Crippen molar-refractivity contribution >= 4 is 12.4 Å². The zero-order chi connectivity index (χ0) is 12.3. The van der Waals surface area contributed by atoms with Gasteiger partial charge in [0.2, 0.25) is 0 Å². The third kappa shape index (κ3) is 3.30. The number of benzene rings is 1. The maximum Gasteiger partial charge on any atom is 0.122 e. The van der Waals surface area contributed by atoms with Crippen LogP contribution in [0.25, 0.3) is 0 Å². The fourth-order valence-corrected chi connectivity index (χ4v) is 2.55. The Bertz CT molecular complexity index is 353. The third-order valence-corrected chi connectivity index (χ3v) is 3.56. The first kappa shape index (κ1) is 15.1. The van der Waals surface area contributed by atoms with E-state index in [2.05, 4.69) is 0 Å². The molecule has 0 aromatic heterocycles. The highest BCUT2D eigenvalue weighted by molar-refractivity contribution is 5.85. The Labute approximate surface area is 115 Å². The van der Waals surface area contributed by atoms with E-state index in [0.717, 1.165) is 29.9 Å². The molecule has 0 bridgehead atoms. The van der Waals surface area contributed by atoms with Gasteiger partial charge in [0.1, 0.15) is 11.5 Å². The maximum atomic E-state index is 10.3. The van der Waals surface area contributed by atoms with Crippen LogP contribution in [0.3, 0.4) is 0 Å².